The van der Waals surface area contributed by atoms with Crippen molar-refractivity contribution in [2.75, 3.05) is 39.3 Å². The van der Waals surface area contributed by atoms with Gasteiger partial charge in [0.05, 0.1) is 0 Å². The molecule has 0 bridgehead atoms. The SMILES string of the molecule is CC1CCN(CC2CCCN(C(=O)C(c3ccccc3)N3CCCCC3=O)C2)CC1. The third kappa shape index (κ3) is 5.05. The monoisotopic (exact) mass is 411 g/mol. The summed E-state index contributed by atoms with van der Waals surface area (Å²) in [5.41, 5.74) is 0.949. The molecule has 5 nitrogen and oxygen atoms in total. The molecule has 0 aliphatic carbocycles. The van der Waals surface area contributed by atoms with Crippen molar-refractivity contribution in [3.05, 3.63) is 35.9 Å². The van der Waals surface area contributed by atoms with Crippen molar-refractivity contribution in [1.82, 2.24) is 14.7 Å². The minimum atomic E-state index is -0.464. The summed E-state index contributed by atoms with van der Waals surface area (Å²) >= 11 is 0. The molecule has 2 amide bonds. The van der Waals surface area contributed by atoms with E-state index in [1.54, 1.807) is 0 Å². The van der Waals surface area contributed by atoms with Gasteiger partial charge >= 0.3 is 0 Å². The number of piperidine rings is 3. The van der Waals surface area contributed by atoms with Gasteiger partial charge in [0.25, 0.3) is 0 Å². The number of hydrogen-bond acceptors (Lipinski definition) is 3. The molecule has 3 aliphatic heterocycles. The topological polar surface area (TPSA) is 43.9 Å². The number of benzene rings is 1. The molecule has 30 heavy (non-hydrogen) atoms. The molecule has 0 radical (unpaired) electrons. The lowest BCUT2D eigenvalue weighted by molar-refractivity contribution is -0.149. The zero-order chi connectivity index (χ0) is 20.9. The maximum Gasteiger partial charge on any atom is 0.250 e. The van der Waals surface area contributed by atoms with Gasteiger partial charge in [-0.25, -0.2) is 0 Å². The highest BCUT2D eigenvalue weighted by Gasteiger charge is 2.37. The maximum absolute atomic E-state index is 13.7. The van der Waals surface area contributed by atoms with E-state index in [1.807, 2.05) is 35.2 Å². The molecule has 3 aliphatic rings. The van der Waals surface area contributed by atoms with E-state index in [4.69, 9.17) is 0 Å². The Morgan fingerprint density at radius 1 is 1.00 bits per heavy atom. The summed E-state index contributed by atoms with van der Waals surface area (Å²) in [5.74, 6) is 1.64. The van der Waals surface area contributed by atoms with Crippen LogP contribution < -0.4 is 0 Å². The molecule has 3 fully saturated rings. The number of hydrogen-bond donors (Lipinski definition) is 0. The Morgan fingerprint density at radius 2 is 1.77 bits per heavy atom. The number of rotatable bonds is 5. The molecular weight excluding hydrogens is 374 g/mol. The van der Waals surface area contributed by atoms with Crippen molar-refractivity contribution in [3.63, 3.8) is 0 Å². The van der Waals surface area contributed by atoms with Gasteiger partial charge in [-0.2, -0.15) is 0 Å². The van der Waals surface area contributed by atoms with E-state index in [-0.39, 0.29) is 11.8 Å². The maximum atomic E-state index is 13.7. The molecule has 0 saturated carbocycles. The summed E-state index contributed by atoms with van der Waals surface area (Å²) in [6.45, 7) is 8.18. The first-order valence-electron chi connectivity index (χ1n) is 12.0. The molecule has 0 aromatic heterocycles. The highest BCUT2D eigenvalue weighted by molar-refractivity contribution is 5.89. The van der Waals surface area contributed by atoms with Crippen molar-refractivity contribution in [2.24, 2.45) is 11.8 Å². The summed E-state index contributed by atoms with van der Waals surface area (Å²) in [6, 6.07) is 9.45. The molecule has 4 rings (SSSR count). The molecule has 2 atom stereocenters. The summed E-state index contributed by atoms with van der Waals surface area (Å²) in [6.07, 6.45) is 7.34. The van der Waals surface area contributed by atoms with Gasteiger partial charge in [-0.1, -0.05) is 37.3 Å². The molecule has 2 unspecified atom stereocenters. The zero-order valence-electron chi connectivity index (χ0n) is 18.5. The van der Waals surface area contributed by atoms with Gasteiger partial charge < -0.3 is 14.7 Å². The molecule has 3 saturated heterocycles. The van der Waals surface area contributed by atoms with Crippen LogP contribution in [0.4, 0.5) is 0 Å². The van der Waals surface area contributed by atoms with E-state index >= 15 is 0 Å². The average Bonchev–Trinajstić information content (AvgIpc) is 2.78. The summed E-state index contributed by atoms with van der Waals surface area (Å²) in [4.78, 5) is 32.9. The zero-order valence-corrected chi connectivity index (χ0v) is 18.5. The molecule has 1 aromatic carbocycles. The van der Waals surface area contributed by atoms with Gasteiger partial charge in [0.1, 0.15) is 6.04 Å². The van der Waals surface area contributed by atoms with Crippen molar-refractivity contribution in [2.45, 2.75) is 57.9 Å². The first-order valence-corrected chi connectivity index (χ1v) is 12.0. The summed E-state index contributed by atoms with van der Waals surface area (Å²) < 4.78 is 0. The molecule has 5 heteroatoms. The Morgan fingerprint density at radius 3 is 2.50 bits per heavy atom. The van der Waals surface area contributed by atoms with E-state index in [9.17, 15) is 9.59 Å². The number of likely N-dealkylation sites (tertiary alicyclic amines) is 3. The number of carbonyl (C=O) groups is 2. The lowest BCUT2D eigenvalue weighted by Crippen LogP contribution is -2.51. The molecule has 164 valence electrons. The fraction of sp³-hybridized carbons (Fsp3) is 0.680. The fourth-order valence-corrected chi connectivity index (χ4v) is 5.39. The lowest BCUT2D eigenvalue weighted by Gasteiger charge is -2.41. The third-order valence-electron chi connectivity index (χ3n) is 7.24. The highest BCUT2D eigenvalue weighted by atomic mass is 16.2. The molecular formula is C25H37N3O2. The van der Waals surface area contributed by atoms with Crippen LogP contribution >= 0.6 is 0 Å². The van der Waals surface area contributed by atoms with E-state index in [1.165, 1.54) is 32.4 Å². The number of amides is 2. The van der Waals surface area contributed by atoms with Crippen molar-refractivity contribution in [3.8, 4) is 0 Å². The molecule has 1 aromatic rings. The normalized spacial score (nSPS) is 25.4. The number of nitrogens with zero attached hydrogens (tertiary/aromatic N) is 3. The van der Waals surface area contributed by atoms with Gasteiger partial charge in [-0.15, -0.1) is 0 Å². The van der Waals surface area contributed by atoms with E-state index in [0.717, 1.165) is 50.4 Å². The second-order valence-electron chi connectivity index (χ2n) is 9.63. The van der Waals surface area contributed by atoms with E-state index in [2.05, 4.69) is 16.7 Å². The van der Waals surface area contributed by atoms with Crippen LogP contribution in [0.2, 0.25) is 0 Å². The molecule has 0 N–H and O–H groups in total. The lowest BCUT2D eigenvalue weighted by atomic mass is 9.93. The number of carbonyl (C=O) groups excluding carboxylic acids is 2. The van der Waals surface area contributed by atoms with Gasteiger partial charge in [-0.3, -0.25) is 9.59 Å². The van der Waals surface area contributed by atoms with E-state index < -0.39 is 6.04 Å². The predicted molar refractivity (Wildman–Crippen MR) is 119 cm³/mol. The minimum absolute atomic E-state index is 0.119. The highest BCUT2D eigenvalue weighted by Crippen LogP contribution is 2.30. The van der Waals surface area contributed by atoms with Crippen LogP contribution in [-0.2, 0) is 9.59 Å². The van der Waals surface area contributed by atoms with Gasteiger partial charge in [0.15, 0.2) is 0 Å². The fourth-order valence-electron chi connectivity index (χ4n) is 5.39. The Labute approximate surface area is 181 Å². The van der Waals surface area contributed by atoms with Crippen LogP contribution in [0.3, 0.4) is 0 Å². The largest absolute Gasteiger partial charge is 0.340 e. The van der Waals surface area contributed by atoms with Crippen LogP contribution in [0.5, 0.6) is 0 Å². The van der Waals surface area contributed by atoms with Crippen LogP contribution in [0.25, 0.3) is 0 Å². The van der Waals surface area contributed by atoms with Crippen LogP contribution in [0.15, 0.2) is 30.3 Å². The smallest absolute Gasteiger partial charge is 0.250 e. The van der Waals surface area contributed by atoms with Gasteiger partial charge in [0, 0.05) is 32.6 Å². The van der Waals surface area contributed by atoms with Crippen LogP contribution in [-0.4, -0.2) is 65.8 Å². The third-order valence-corrected chi connectivity index (χ3v) is 7.24. The minimum Gasteiger partial charge on any atom is -0.340 e. The van der Waals surface area contributed by atoms with Crippen molar-refractivity contribution >= 4 is 11.8 Å². The van der Waals surface area contributed by atoms with Gasteiger partial charge in [0.2, 0.25) is 11.8 Å². The second kappa shape index (κ2) is 9.95. The average molecular weight is 412 g/mol. The summed E-state index contributed by atoms with van der Waals surface area (Å²) in [5, 5.41) is 0. The van der Waals surface area contributed by atoms with E-state index in [0.29, 0.717) is 18.9 Å². The molecule has 0 spiro atoms. The standard InChI is InChI=1S/C25H37N3O2/c1-20-12-16-26(17-13-20)18-21-8-7-14-27(19-21)25(30)24(22-9-3-2-4-10-22)28-15-6-5-11-23(28)29/h2-4,9-10,20-21,24H,5-8,11-19H2,1H3. The predicted octanol–water partition coefficient (Wildman–Crippen LogP) is 3.71. The Bertz CT molecular complexity index is 714. The Kier molecular flexibility index (Phi) is 7.08. The molecule has 3 heterocycles. The quantitative estimate of drug-likeness (QED) is 0.742. The van der Waals surface area contributed by atoms with Crippen molar-refractivity contribution in [1.29, 1.82) is 0 Å². The van der Waals surface area contributed by atoms with Crippen LogP contribution in [0.1, 0.15) is 63.5 Å². The van der Waals surface area contributed by atoms with Gasteiger partial charge in [-0.05, 0) is 69.0 Å². The van der Waals surface area contributed by atoms with Crippen molar-refractivity contribution < 1.29 is 9.59 Å². The second-order valence-corrected chi connectivity index (χ2v) is 9.63. The Hall–Kier alpha value is -1.88. The first kappa shape index (κ1) is 21.4. The Balaban J connectivity index is 1.46. The van der Waals surface area contributed by atoms with Crippen LogP contribution in [0, 0.1) is 11.8 Å². The summed E-state index contributed by atoms with van der Waals surface area (Å²) in [7, 11) is 0. The first-order chi connectivity index (χ1) is 14.6.